The number of carbonyl (C=O) groups is 1. The van der Waals surface area contributed by atoms with E-state index >= 15 is 0 Å². The minimum absolute atomic E-state index is 0.0308. The van der Waals surface area contributed by atoms with E-state index in [-0.39, 0.29) is 28.3 Å². The standard InChI is InChI=1S/C25H32N4O4S/c1-16(2)14-29(15-17(3)4)34(31,32)21-10-8-20(9-11-21)23(30)26-25-28-27-24(33-25)22-12-7-18(5)13-19(22)6/h7-13,16-17H,14-15H2,1-6H3,(H,26,28,30). The monoisotopic (exact) mass is 484 g/mol. The minimum Gasteiger partial charge on any atom is -0.403 e. The second-order valence-electron chi connectivity index (χ2n) is 9.32. The highest BCUT2D eigenvalue weighted by atomic mass is 32.2. The van der Waals surface area contributed by atoms with Gasteiger partial charge in [0.05, 0.1) is 4.90 Å². The fourth-order valence-electron chi connectivity index (χ4n) is 3.62. The fraction of sp³-hybridized carbons (Fsp3) is 0.400. The molecule has 0 atom stereocenters. The van der Waals surface area contributed by atoms with Crippen molar-refractivity contribution in [3.63, 3.8) is 0 Å². The van der Waals surface area contributed by atoms with Crippen LogP contribution in [0.2, 0.25) is 0 Å². The molecule has 1 heterocycles. The van der Waals surface area contributed by atoms with Crippen molar-refractivity contribution < 1.29 is 17.6 Å². The van der Waals surface area contributed by atoms with Crippen LogP contribution in [0.1, 0.15) is 49.2 Å². The normalized spacial score (nSPS) is 12.0. The van der Waals surface area contributed by atoms with Crippen LogP contribution >= 0.6 is 0 Å². The summed E-state index contributed by atoms with van der Waals surface area (Å²) in [6, 6.07) is 11.7. The Kier molecular flexibility index (Phi) is 7.89. The molecule has 1 aromatic heterocycles. The zero-order chi connectivity index (χ0) is 25.0. The minimum atomic E-state index is -3.67. The third-order valence-electron chi connectivity index (χ3n) is 5.15. The summed E-state index contributed by atoms with van der Waals surface area (Å²) in [4.78, 5) is 12.8. The summed E-state index contributed by atoms with van der Waals surface area (Å²) in [5.41, 5.74) is 3.18. The van der Waals surface area contributed by atoms with Crippen LogP contribution in [0.15, 0.2) is 51.8 Å². The van der Waals surface area contributed by atoms with Crippen molar-refractivity contribution in [3.05, 3.63) is 59.2 Å². The van der Waals surface area contributed by atoms with Gasteiger partial charge >= 0.3 is 6.01 Å². The first kappa shape index (κ1) is 25.6. The third kappa shape index (κ3) is 6.09. The predicted molar refractivity (Wildman–Crippen MR) is 132 cm³/mol. The van der Waals surface area contributed by atoms with E-state index in [1.807, 2.05) is 59.7 Å². The van der Waals surface area contributed by atoms with Crippen LogP contribution in [-0.4, -0.2) is 41.9 Å². The maximum absolute atomic E-state index is 13.2. The van der Waals surface area contributed by atoms with Gasteiger partial charge < -0.3 is 4.42 Å². The summed E-state index contributed by atoms with van der Waals surface area (Å²) in [5, 5.41) is 10.5. The Morgan fingerprint density at radius 2 is 1.59 bits per heavy atom. The van der Waals surface area contributed by atoms with Crippen molar-refractivity contribution in [1.82, 2.24) is 14.5 Å². The predicted octanol–water partition coefficient (Wildman–Crippen LogP) is 4.91. The van der Waals surface area contributed by atoms with Gasteiger partial charge in [0.1, 0.15) is 0 Å². The molecule has 182 valence electrons. The summed E-state index contributed by atoms with van der Waals surface area (Å²) >= 11 is 0. The first-order chi connectivity index (χ1) is 16.0. The Balaban J connectivity index is 1.74. The largest absolute Gasteiger partial charge is 0.403 e. The van der Waals surface area contributed by atoms with Gasteiger partial charge in [-0.2, -0.15) is 4.31 Å². The quantitative estimate of drug-likeness (QED) is 0.463. The Morgan fingerprint density at radius 3 is 2.15 bits per heavy atom. The van der Waals surface area contributed by atoms with E-state index in [1.165, 1.54) is 28.6 Å². The number of hydrogen-bond donors (Lipinski definition) is 1. The van der Waals surface area contributed by atoms with Crippen molar-refractivity contribution in [3.8, 4) is 11.5 Å². The van der Waals surface area contributed by atoms with Gasteiger partial charge in [-0.1, -0.05) is 50.5 Å². The Hall–Kier alpha value is -3.04. The molecule has 0 unspecified atom stereocenters. The van der Waals surface area contributed by atoms with E-state index in [0.717, 1.165) is 16.7 Å². The summed E-state index contributed by atoms with van der Waals surface area (Å²) in [7, 11) is -3.67. The second-order valence-corrected chi connectivity index (χ2v) is 11.3. The molecular formula is C25H32N4O4S. The lowest BCUT2D eigenvalue weighted by Crippen LogP contribution is -2.37. The van der Waals surface area contributed by atoms with Crippen LogP contribution in [0, 0.1) is 25.7 Å². The highest BCUT2D eigenvalue weighted by molar-refractivity contribution is 7.89. The number of benzene rings is 2. The molecule has 0 aliphatic heterocycles. The lowest BCUT2D eigenvalue weighted by Gasteiger charge is -2.25. The second kappa shape index (κ2) is 10.5. The number of nitrogens with one attached hydrogen (secondary N) is 1. The van der Waals surface area contributed by atoms with Crippen LogP contribution in [0.4, 0.5) is 6.01 Å². The topological polar surface area (TPSA) is 105 Å². The number of nitrogens with zero attached hydrogens (tertiary/aromatic N) is 3. The van der Waals surface area contributed by atoms with Crippen LogP contribution in [0.25, 0.3) is 11.5 Å². The van der Waals surface area contributed by atoms with Gasteiger partial charge in [0, 0.05) is 24.2 Å². The lowest BCUT2D eigenvalue weighted by atomic mass is 10.1. The highest BCUT2D eigenvalue weighted by Gasteiger charge is 2.26. The number of anilines is 1. The molecule has 0 radical (unpaired) electrons. The van der Waals surface area contributed by atoms with Gasteiger partial charge in [-0.05, 0) is 61.6 Å². The molecular weight excluding hydrogens is 452 g/mol. The van der Waals surface area contributed by atoms with E-state index in [2.05, 4.69) is 15.5 Å². The molecule has 0 aliphatic carbocycles. The molecule has 2 aromatic carbocycles. The molecule has 3 aromatic rings. The number of rotatable bonds is 9. The van der Waals surface area contributed by atoms with Crippen molar-refractivity contribution >= 4 is 21.9 Å². The maximum Gasteiger partial charge on any atom is 0.322 e. The van der Waals surface area contributed by atoms with E-state index in [4.69, 9.17) is 4.42 Å². The van der Waals surface area contributed by atoms with Crippen LogP contribution in [-0.2, 0) is 10.0 Å². The van der Waals surface area contributed by atoms with E-state index in [0.29, 0.717) is 19.0 Å². The number of aryl methyl sites for hydroxylation is 2. The van der Waals surface area contributed by atoms with Gasteiger partial charge in [-0.25, -0.2) is 8.42 Å². The SMILES string of the molecule is Cc1ccc(-c2nnc(NC(=O)c3ccc(S(=O)(=O)N(CC(C)C)CC(C)C)cc3)o2)c(C)c1. The Bertz CT molecular complexity index is 1240. The Morgan fingerprint density at radius 1 is 0.971 bits per heavy atom. The summed E-state index contributed by atoms with van der Waals surface area (Å²) < 4.78 is 33.4. The fourth-order valence-corrected chi connectivity index (χ4v) is 5.39. The summed E-state index contributed by atoms with van der Waals surface area (Å²) in [5.74, 6) is 0.230. The van der Waals surface area contributed by atoms with Crippen molar-refractivity contribution in [2.75, 3.05) is 18.4 Å². The molecule has 0 aliphatic rings. The first-order valence-electron chi connectivity index (χ1n) is 11.3. The van der Waals surface area contributed by atoms with Gasteiger partial charge in [0.2, 0.25) is 15.9 Å². The van der Waals surface area contributed by atoms with E-state index in [9.17, 15) is 13.2 Å². The van der Waals surface area contributed by atoms with Crippen molar-refractivity contribution in [1.29, 1.82) is 0 Å². The van der Waals surface area contributed by atoms with Crippen LogP contribution < -0.4 is 5.32 Å². The molecule has 1 amide bonds. The van der Waals surface area contributed by atoms with Crippen LogP contribution in [0.5, 0.6) is 0 Å². The number of hydrogen-bond acceptors (Lipinski definition) is 6. The number of carbonyl (C=O) groups excluding carboxylic acids is 1. The third-order valence-corrected chi connectivity index (χ3v) is 7.00. The molecule has 0 saturated carbocycles. The summed E-state index contributed by atoms with van der Waals surface area (Å²) in [6.45, 7) is 12.8. The number of aromatic nitrogens is 2. The zero-order valence-corrected chi connectivity index (χ0v) is 21.3. The molecule has 0 saturated heterocycles. The van der Waals surface area contributed by atoms with Gasteiger partial charge in [0.15, 0.2) is 0 Å². The van der Waals surface area contributed by atoms with Crippen molar-refractivity contribution in [2.45, 2.75) is 46.4 Å². The molecule has 34 heavy (non-hydrogen) atoms. The average Bonchev–Trinajstić information content (AvgIpc) is 3.20. The lowest BCUT2D eigenvalue weighted by molar-refractivity contribution is 0.102. The first-order valence-corrected chi connectivity index (χ1v) is 12.7. The van der Waals surface area contributed by atoms with E-state index < -0.39 is 15.9 Å². The number of sulfonamides is 1. The highest BCUT2D eigenvalue weighted by Crippen LogP contribution is 2.25. The van der Waals surface area contributed by atoms with Crippen LogP contribution in [0.3, 0.4) is 0 Å². The molecule has 8 nitrogen and oxygen atoms in total. The molecule has 0 fully saturated rings. The molecule has 1 N–H and O–H groups in total. The number of amides is 1. The van der Waals surface area contributed by atoms with E-state index in [1.54, 1.807) is 0 Å². The maximum atomic E-state index is 13.2. The molecule has 9 heteroatoms. The van der Waals surface area contributed by atoms with Gasteiger partial charge in [-0.15, -0.1) is 5.10 Å². The van der Waals surface area contributed by atoms with Crippen molar-refractivity contribution in [2.24, 2.45) is 11.8 Å². The Labute approximate surface area is 201 Å². The molecule has 3 rings (SSSR count). The molecule has 0 bridgehead atoms. The zero-order valence-electron chi connectivity index (χ0n) is 20.5. The summed E-state index contributed by atoms with van der Waals surface area (Å²) in [6.07, 6.45) is 0. The average molecular weight is 485 g/mol. The smallest absolute Gasteiger partial charge is 0.322 e. The van der Waals surface area contributed by atoms with Gasteiger partial charge in [-0.3, -0.25) is 10.1 Å². The molecule has 0 spiro atoms. The van der Waals surface area contributed by atoms with Gasteiger partial charge in [0.25, 0.3) is 5.91 Å².